The lowest BCUT2D eigenvalue weighted by molar-refractivity contribution is 0.413. The summed E-state index contributed by atoms with van der Waals surface area (Å²) < 4.78 is 6.44. The van der Waals surface area contributed by atoms with E-state index >= 15 is 0 Å². The van der Waals surface area contributed by atoms with E-state index in [4.69, 9.17) is 4.74 Å². The number of ether oxygens (including phenoxy) is 1. The Kier molecular flexibility index (Phi) is 5.62. The third kappa shape index (κ3) is 4.09. The van der Waals surface area contributed by atoms with E-state index in [0.29, 0.717) is 6.04 Å². The van der Waals surface area contributed by atoms with Crippen LogP contribution in [0.3, 0.4) is 0 Å². The number of rotatable bonds is 6. The number of halogens is 1. The Labute approximate surface area is 129 Å². The zero-order valence-corrected chi connectivity index (χ0v) is 13.5. The summed E-state index contributed by atoms with van der Waals surface area (Å²) in [4.78, 5) is 0. The Hall–Kier alpha value is -1.32. The third-order valence-electron chi connectivity index (χ3n) is 3.28. The highest BCUT2D eigenvalue weighted by atomic mass is 79.9. The number of benzene rings is 2. The maximum atomic E-state index is 5.32. The fourth-order valence-corrected chi connectivity index (χ4v) is 2.76. The van der Waals surface area contributed by atoms with Crippen molar-refractivity contribution < 1.29 is 4.74 Å². The van der Waals surface area contributed by atoms with E-state index in [2.05, 4.69) is 64.6 Å². The predicted octanol–water partition coefficient (Wildman–Crippen LogP) is 4.35. The second-order valence-electron chi connectivity index (χ2n) is 4.72. The maximum absolute atomic E-state index is 5.32. The molecule has 2 rings (SSSR count). The Balaban J connectivity index is 2.21. The van der Waals surface area contributed by atoms with Crippen molar-refractivity contribution >= 4 is 15.9 Å². The van der Waals surface area contributed by atoms with Gasteiger partial charge in [-0.25, -0.2) is 0 Å². The van der Waals surface area contributed by atoms with Gasteiger partial charge in [0.2, 0.25) is 0 Å². The van der Waals surface area contributed by atoms with Crippen molar-refractivity contribution in [3.8, 4) is 5.75 Å². The molecule has 106 valence electrons. The van der Waals surface area contributed by atoms with Crippen LogP contribution in [0.4, 0.5) is 0 Å². The standard InChI is InChI=1S/C17H20BrNO/c1-3-19-17(11-13-6-4-8-15(18)10-13)14-7-5-9-16(12-14)20-2/h4-10,12,17,19H,3,11H2,1-2H3. The van der Waals surface area contributed by atoms with Crippen LogP contribution < -0.4 is 10.1 Å². The summed E-state index contributed by atoms with van der Waals surface area (Å²) in [7, 11) is 1.70. The SMILES string of the molecule is CCNC(Cc1cccc(Br)c1)c1cccc(OC)c1. The lowest BCUT2D eigenvalue weighted by Gasteiger charge is -2.19. The molecule has 1 N–H and O–H groups in total. The van der Waals surface area contributed by atoms with E-state index in [1.807, 2.05) is 12.1 Å². The quantitative estimate of drug-likeness (QED) is 0.848. The van der Waals surface area contributed by atoms with Crippen LogP contribution in [-0.4, -0.2) is 13.7 Å². The molecule has 0 spiro atoms. The van der Waals surface area contributed by atoms with Crippen molar-refractivity contribution in [1.29, 1.82) is 0 Å². The van der Waals surface area contributed by atoms with E-state index in [9.17, 15) is 0 Å². The van der Waals surface area contributed by atoms with Crippen LogP contribution in [0.5, 0.6) is 5.75 Å². The van der Waals surface area contributed by atoms with Gasteiger partial charge < -0.3 is 10.1 Å². The van der Waals surface area contributed by atoms with E-state index in [1.54, 1.807) is 7.11 Å². The molecule has 0 aromatic heterocycles. The molecule has 2 aromatic carbocycles. The van der Waals surface area contributed by atoms with Gasteiger partial charge in [-0.3, -0.25) is 0 Å². The van der Waals surface area contributed by atoms with Gasteiger partial charge in [-0.2, -0.15) is 0 Å². The number of hydrogen-bond acceptors (Lipinski definition) is 2. The van der Waals surface area contributed by atoms with Crippen molar-refractivity contribution in [2.45, 2.75) is 19.4 Å². The van der Waals surface area contributed by atoms with E-state index < -0.39 is 0 Å². The Morgan fingerprint density at radius 3 is 2.65 bits per heavy atom. The summed E-state index contributed by atoms with van der Waals surface area (Å²) >= 11 is 3.53. The predicted molar refractivity (Wildman–Crippen MR) is 87.3 cm³/mol. The lowest BCUT2D eigenvalue weighted by atomic mass is 9.98. The van der Waals surface area contributed by atoms with Crippen LogP contribution in [0, 0.1) is 0 Å². The van der Waals surface area contributed by atoms with Crippen LogP contribution in [0.1, 0.15) is 24.1 Å². The van der Waals surface area contributed by atoms with Gasteiger partial charge in [-0.1, -0.05) is 47.1 Å². The van der Waals surface area contributed by atoms with Crippen molar-refractivity contribution in [2.24, 2.45) is 0 Å². The minimum atomic E-state index is 0.296. The van der Waals surface area contributed by atoms with Crippen molar-refractivity contribution in [1.82, 2.24) is 5.32 Å². The minimum Gasteiger partial charge on any atom is -0.497 e. The smallest absolute Gasteiger partial charge is 0.119 e. The molecule has 3 heteroatoms. The van der Waals surface area contributed by atoms with Crippen molar-refractivity contribution in [3.05, 3.63) is 64.1 Å². The topological polar surface area (TPSA) is 21.3 Å². The average molecular weight is 334 g/mol. The van der Waals surface area contributed by atoms with Crippen LogP contribution in [0.25, 0.3) is 0 Å². The van der Waals surface area contributed by atoms with Gasteiger partial charge in [-0.05, 0) is 48.4 Å². The van der Waals surface area contributed by atoms with Crippen LogP contribution in [-0.2, 0) is 6.42 Å². The zero-order chi connectivity index (χ0) is 14.4. The lowest BCUT2D eigenvalue weighted by Crippen LogP contribution is -2.23. The molecule has 0 fully saturated rings. The van der Waals surface area contributed by atoms with Gasteiger partial charge in [0.25, 0.3) is 0 Å². The summed E-state index contributed by atoms with van der Waals surface area (Å²) in [6.45, 7) is 3.07. The van der Waals surface area contributed by atoms with Gasteiger partial charge in [-0.15, -0.1) is 0 Å². The van der Waals surface area contributed by atoms with Gasteiger partial charge in [0.05, 0.1) is 7.11 Å². The molecule has 2 aromatic rings. The van der Waals surface area contributed by atoms with Crippen LogP contribution >= 0.6 is 15.9 Å². The van der Waals surface area contributed by atoms with Gasteiger partial charge in [0.15, 0.2) is 0 Å². The van der Waals surface area contributed by atoms with E-state index in [0.717, 1.165) is 23.2 Å². The number of nitrogens with one attached hydrogen (secondary N) is 1. The van der Waals surface area contributed by atoms with Gasteiger partial charge in [0.1, 0.15) is 5.75 Å². The molecule has 2 nitrogen and oxygen atoms in total. The Morgan fingerprint density at radius 1 is 1.15 bits per heavy atom. The fraction of sp³-hybridized carbons (Fsp3) is 0.294. The molecule has 1 unspecified atom stereocenters. The number of likely N-dealkylation sites (N-methyl/N-ethyl adjacent to an activating group) is 1. The first-order chi connectivity index (χ1) is 9.72. The molecule has 0 saturated carbocycles. The fourth-order valence-electron chi connectivity index (χ4n) is 2.31. The molecule has 0 aliphatic carbocycles. The number of hydrogen-bond donors (Lipinski definition) is 1. The monoisotopic (exact) mass is 333 g/mol. The summed E-state index contributed by atoms with van der Waals surface area (Å²) in [6.07, 6.45) is 0.959. The van der Waals surface area contributed by atoms with Crippen molar-refractivity contribution in [2.75, 3.05) is 13.7 Å². The molecule has 0 radical (unpaired) electrons. The molecule has 0 heterocycles. The zero-order valence-electron chi connectivity index (χ0n) is 11.9. The third-order valence-corrected chi connectivity index (χ3v) is 3.77. The first kappa shape index (κ1) is 15.1. The average Bonchev–Trinajstić information content (AvgIpc) is 2.47. The Morgan fingerprint density at radius 2 is 1.95 bits per heavy atom. The maximum Gasteiger partial charge on any atom is 0.119 e. The summed E-state index contributed by atoms with van der Waals surface area (Å²) in [5.74, 6) is 0.902. The highest BCUT2D eigenvalue weighted by molar-refractivity contribution is 9.10. The highest BCUT2D eigenvalue weighted by Crippen LogP contribution is 2.23. The normalized spacial score (nSPS) is 12.2. The number of methoxy groups -OCH3 is 1. The first-order valence-corrected chi connectivity index (χ1v) is 7.64. The van der Waals surface area contributed by atoms with E-state index in [-0.39, 0.29) is 0 Å². The van der Waals surface area contributed by atoms with Gasteiger partial charge >= 0.3 is 0 Å². The molecule has 0 saturated heterocycles. The first-order valence-electron chi connectivity index (χ1n) is 6.84. The molecule has 0 bridgehead atoms. The summed E-state index contributed by atoms with van der Waals surface area (Å²) in [6, 6.07) is 17.0. The van der Waals surface area contributed by atoms with Gasteiger partial charge in [0, 0.05) is 10.5 Å². The molecule has 0 aliphatic rings. The summed E-state index contributed by atoms with van der Waals surface area (Å²) in [5, 5.41) is 3.55. The largest absolute Gasteiger partial charge is 0.497 e. The molecule has 0 aliphatic heterocycles. The molecular formula is C17H20BrNO. The molecular weight excluding hydrogens is 314 g/mol. The van der Waals surface area contributed by atoms with Crippen LogP contribution in [0.15, 0.2) is 53.0 Å². The van der Waals surface area contributed by atoms with E-state index in [1.165, 1.54) is 11.1 Å². The molecule has 20 heavy (non-hydrogen) atoms. The molecule has 1 atom stereocenters. The summed E-state index contributed by atoms with van der Waals surface area (Å²) in [5.41, 5.74) is 2.57. The van der Waals surface area contributed by atoms with Crippen molar-refractivity contribution in [3.63, 3.8) is 0 Å². The van der Waals surface area contributed by atoms with Crippen LogP contribution in [0.2, 0.25) is 0 Å². The second kappa shape index (κ2) is 7.46. The Bertz CT molecular complexity index is 556. The highest BCUT2D eigenvalue weighted by Gasteiger charge is 2.12. The molecule has 0 amide bonds. The second-order valence-corrected chi connectivity index (χ2v) is 5.64. The minimum absolute atomic E-state index is 0.296.